The molecule has 1 aliphatic heterocycles. The minimum absolute atomic E-state index is 0.594. The molecule has 0 radical (unpaired) electrons. The molecule has 106 valence electrons. The molecule has 1 fully saturated rings. The van der Waals surface area contributed by atoms with Gasteiger partial charge in [-0.3, -0.25) is 4.90 Å². The van der Waals surface area contributed by atoms with Gasteiger partial charge in [-0.2, -0.15) is 0 Å². The third kappa shape index (κ3) is 4.32. The Morgan fingerprint density at radius 3 is 2.63 bits per heavy atom. The molecule has 2 rings (SSSR count). The van der Waals surface area contributed by atoms with Crippen molar-refractivity contribution >= 4 is 0 Å². The molecule has 1 aromatic carbocycles. The average molecular weight is 260 g/mol. The minimum atomic E-state index is 0.594. The molecule has 2 atom stereocenters. The molecule has 0 bridgehead atoms. The molecule has 0 saturated carbocycles. The van der Waals surface area contributed by atoms with Crippen LogP contribution < -0.4 is 5.32 Å². The van der Waals surface area contributed by atoms with Gasteiger partial charge in [0.15, 0.2) is 0 Å². The van der Waals surface area contributed by atoms with Crippen LogP contribution >= 0.6 is 0 Å². The lowest BCUT2D eigenvalue weighted by atomic mass is 9.92. The van der Waals surface area contributed by atoms with Crippen LogP contribution in [-0.4, -0.2) is 30.1 Å². The van der Waals surface area contributed by atoms with Crippen molar-refractivity contribution in [2.45, 2.75) is 52.2 Å². The first kappa shape index (κ1) is 14.5. The summed E-state index contributed by atoms with van der Waals surface area (Å²) in [6, 6.07) is 12.1. The van der Waals surface area contributed by atoms with Crippen molar-refractivity contribution in [2.24, 2.45) is 5.92 Å². The second-order valence-electron chi connectivity index (χ2n) is 6.19. The van der Waals surface area contributed by atoms with Crippen LogP contribution in [0.15, 0.2) is 30.3 Å². The van der Waals surface area contributed by atoms with E-state index in [-0.39, 0.29) is 0 Å². The highest BCUT2D eigenvalue weighted by Gasteiger charge is 2.24. The van der Waals surface area contributed by atoms with Gasteiger partial charge in [-0.1, -0.05) is 37.3 Å². The molecule has 0 amide bonds. The van der Waals surface area contributed by atoms with Gasteiger partial charge >= 0.3 is 0 Å². The summed E-state index contributed by atoms with van der Waals surface area (Å²) in [5.74, 6) is 0.797. The van der Waals surface area contributed by atoms with Crippen LogP contribution in [0.1, 0.15) is 39.2 Å². The summed E-state index contributed by atoms with van der Waals surface area (Å²) in [5.41, 5.74) is 1.42. The molecule has 1 aromatic rings. The molecule has 1 N–H and O–H groups in total. The molecule has 0 spiro atoms. The van der Waals surface area contributed by atoms with E-state index in [1.54, 1.807) is 0 Å². The second-order valence-corrected chi connectivity index (χ2v) is 6.19. The molecule has 1 heterocycles. The van der Waals surface area contributed by atoms with E-state index >= 15 is 0 Å². The van der Waals surface area contributed by atoms with Crippen LogP contribution in [0.4, 0.5) is 0 Å². The lowest BCUT2D eigenvalue weighted by Crippen LogP contribution is -2.49. The summed E-state index contributed by atoms with van der Waals surface area (Å²) in [5, 5.41) is 3.70. The van der Waals surface area contributed by atoms with E-state index < -0.39 is 0 Å². The number of piperidine rings is 1. The topological polar surface area (TPSA) is 15.3 Å². The summed E-state index contributed by atoms with van der Waals surface area (Å²) >= 11 is 0. The Kier molecular flexibility index (Phi) is 5.41. The Labute approximate surface area is 118 Å². The van der Waals surface area contributed by atoms with Gasteiger partial charge in [-0.25, -0.2) is 0 Å². The van der Waals surface area contributed by atoms with Gasteiger partial charge in [0.25, 0.3) is 0 Å². The molecular weight excluding hydrogens is 232 g/mol. The largest absolute Gasteiger partial charge is 0.312 e. The zero-order valence-corrected chi connectivity index (χ0v) is 12.6. The quantitative estimate of drug-likeness (QED) is 0.874. The van der Waals surface area contributed by atoms with Crippen LogP contribution in [-0.2, 0) is 6.54 Å². The highest BCUT2D eigenvalue weighted by molar-refractivity contribution is 5.14. The fourth-order valence-corrected chi connectivity index (χ4v) is 2.89. The Hall–Kier alpha value is -0.860. The van der Waals surface area contributed by atoms with E-state index in [9.17, 15) is 0 Å². The first-order valence-electron chi connectivity index (χ1n) is 7.68. The smallest absolute Gasteiger partial charge is 0.0237 e. The number of nitrogens with one attached hydrogen (secondary N) is 1. The second kappa shape index (κ2) is 7.06. The van der Waals surface area contributed by atoms with Crippen LogP contribution in [0.5, 0.6) is 0 Å². The first-order valence-corrected chi connectivity index (χ1v) is 7.68. The molecule has 1 aliphatic rings. The summed E-state index contributed by atoms with van der Waals surface area (Å²) in [6.07, 6.45) is 2.70. The summed E-state index contributed by atoms with van der Waals surface area (Å²) in [6.45, 7) is 10.4. The van der Waals surface area contributed by atoms with Crippen LogP contribution in [0.3, 0.4) is 0 Å². The summed E-state index contributed by atoms with van der Waals surface area (Å²) < 4.78 is 0. The summed E-state index contributed by atoms with van der Waals surface area (Å²) in [7, 11) is 0. The number of hydrogen-bond acceptors (Lipinski definition) is 2. The number of nitrogens with zero attached hydrogens (tertiary/aromatic N) is 1. The zero-order chi connectivity index (χ0) is 13.7. The fraction of sp³-hybridized carbons (Fsp3) is 0.647. The fourth-order valence-electron chi connectivity index (χ4n) is 2.89. The Morgan fingerprint density at radius 1 is 1.26 bits per heavy atom. The molecule has 0 aliphatic carbocycles. The van der Waals surface area contributed by atoms with Gasteiger partial charge in [0.05, 0.1) is 0 Å². The Morgan fingerprint density at radius 2 is 2.00 bits per heavy atom. The maximum Gasteiger partial charge on any atom is 0.0237 e. The third-order valence-corrected chi connectivity index (χ3v) is 4.32. The lowest BCUT2D eigenvalue weighted by Gasteiger charge is -2.36. The monoisotopic (exact) mass is 260 g/mol. The average Bonchev–Trinajstić information content (AvgIpc) is 2.41. The Bertz CT molecular complexity index is 361. The van der Waals surface area contributed by atoms with Crippen molar-refractivity contribution in [3.63, 3.8) is 0 Å². The van der Waals surface area contributed by atoms with E-state index in [0.717, 1.165) is 19.0 Å². The van der Waals surface area contributed by atoms with Crippen molar-refractivity contribution < 1.29 is 0 Å². The normalized spacial score (nSPS) is 24.1. The van der Waals surface area contributed by atoms with Gasteiger partial charge in [0.1, 0.15) is 0 Å². The van der Waals surface area contributed by atoms with Gasteiger partial charge in [0, 0.05) is 25.2 Å². The number of hydrogen-bond donors (Lipinski definition) is 1. The van der Waals surface area contributed by atoms with Crippen molar-refractivity contribution in [1.82, 2.24) is 10.2 Å². The molecule has 2 nitrogen and oxygen atoms in total. The molecule has 19 heavy (non-hydrogen) atoms. The summed E-state index contributed by atoms with van der Waals surface area (Å²) in [4.78, 5) is 2.59. The lowest BCUT2D eigenvalue weighted by molar-refractivity contribution is 0.154. The first-order chi connectivity index (χ1) is 9.16. The predicted molar refractivity (Wildman–Crippen MR) is 82.2 cm³/mol. The maximum absolute atomic E-state index is 3.70. The highest BCUT2D eigenvalue weighted by Crippen LogP contribution is 2.18. The standard InChI is InChI=1S/C17H28N2/c1-14(2)19(12-16-9-5-4-6-10-16)13-17-15(3)8-7-11-18-17/h4-6,9-10,14-15,17-18H,7-8,11-13H2,1-3H3. The number of benzene rings is 1. The van der Waals surface area contributed by atoms with E-state index in [2.05, 4.69) is 61.3 Å². The van der Waals surface area contributed by atoms with E-state index in [1.807, 2.05) is 0 Å². The van der Waals surface area contributed by atoms with Gasteiger partial charge in [0.2, 0.25) is 0 Å². The SMILES string of the molecule is CC1CCCNC1CN(Cc1ccccc1)C(C)C. The van der Waals surface area contributed by atoms with Crippen molar-refractivity contribution in [2.75, 3.05) is 13.1 Å². The van der Waals surface area contributed by atoms with E-state index in [1.165, 1.54) is 24.9 Å². The van der Waals surface area contributed by atoms with Gasteiger partial charge in [-0.05, 0) is 44.7 Å². The van der Waals surface area contributed by atoms with Crippen molar-refractivity contribution in [3.05, 3.63) is 35.9 Å². The molecule has 1 saturated heterocycles. The Balaban J connectivity index is 1.96. The predicted octanol–water partition coefficient (Wildman–Crippen LogP) is 3.29. The minimum Gasteiger partial charge on any atom is -0.312 e. The van der Waals surface area contributed by atoms with Crippen LogP contribution in [0, 0.1) is 5.92 Å². The number of rotatable bonds is 5. The van der Waals surface area contributed by atoms with Gasteiger partial charge < -0.3 is 5.32 Å². The van der Waals surface area contributed by atoms with E-state index in [4.69, 9.17) is 0 Å². The molecular formula is C17H28N2. The molecule has 2 unspecified atom stereocenters. The molecule has 0 aromatic heterocycles. The third-order valence-electron chi connectivity index (χ3n) is 4.32. The molecule has 2 heteroatoms. The maximum atomic E-state index is 3.70. The van der Waals surface area contributed by atoms with Crippen molar-refractivity contribution in [3.8, 4) is 0 Å². The van der Waals surface area contributed by atoms with Crippen LogP contribution in [0.2, 0.25) is 0 Å². The van der Waals surface area contributed by atoms with E-state index in [0.29, 0.717) is 12.1 Å². The van der Waals surface area contributed by atoms with Crippen molar-refractivity contribution in [1.29, 1.82) is 0 Å². The highest BCUT2D eigenvalue weighted by atomic mass is 15.2. The van der Waals surface area contributed by atoms with Gasteiger partial charge in [-0.15, -0.1) is 0 Å². The zero-order valence-electron chi connectivity index (χ0n) is 12.6. The van der Waals surface area contributed by atoms with Crippen LogP contribution in [0.25, 0.3) is 0 Å².